The number of halogens is 3. The number of benzene rings is 1. The van der Waals surface area contributed by atoms with Crippen LogP contribution < -0.4 is 10.6 Å². The number of nitrogens with zero attached hydrogens (tertiary/aromatic N) is 1. The molecule has 1 atom stereocenters. The molecule has 0 bridgehead atoms. The van der Waals surface area contributed by atoms with E-state index in [9.17, 15) is 18.0 Å². The van der Waals surface area contributed by atoms with E-state index in [1.165, 1.54) is 12.1 Å². The Hall–Kier alpha value is -2.57. The van der Waals surface area contributed by atoms with Gasteiger partial charge in [-0.05, 0) is 42.8 Å². The standard InChI is InChI=1S/C15H14F3N3O/c1-10(11-5-7-19-8-6-11)20-14(22)21-13-4-2-3-12(9-13)15(16,17)18/h2-10H,1H3,(H2,20,21,22). The number of hydrogen-bond acceptors (Lipinski definition) is 2. The molecule has 0 saturated carbocycles. The molecule has 1 heterocycles. The fourth-order valence-electron chi connectivity index (χ4n) is 1.87. The Morgan fingerprint density at radius 2 is 1.86 bits per heavy atom. The third-order valence-electron chi connectivity index (χ3n) is 3.00. The number of rotatable bonds is 3. The monoisotopic (exact) mass is 309 g/mol. The highest BCUT2D eigenvalue weighted by molar-refractivity contribution is 5.89. The van der Waals surface area contributed by atoms with Gasteiger partial charge in [0.1, 0.15) is 0 Å². The molecule has 22 heavy (non-hydrogen) atoms. The van der Waals surface area contributed by atoms with Crippen LogP contribution in [-0.2, 0) is 6.18 Å². The van der Waals surface area contributed by atoms with Gasteiger partial charge in [-0.2, -0.15) is 13.2 Å². The summed E-state index contributed by atoms with van der Waals surface area (Å²) in [4.78, 5) is 15.7. The van der Waals surface area contributed by atoms with Gasteiger partial charge in [-0.1, -0.05) is 6.07 Å². The quantitative estimate of drug-likeness (QED) is 0.901. The average Bonchev–Trinajstić information content (AvgIpc) is 2.47. The van der Waals surface area contributed by atoms with Crippen LogP contribution >= 0.6 is 0 Å². The molecule has 0 aliphatic heterocycles. The molecular formula is C15H14F3N3O. The lowest BCUT2D eigenvalue weighted by Gasteiger charge is -2.15. The minimum Gasteiger partial charge on any atom is -0.331 e. The first-order valence-corrected chi connectivity index (χ1v) is 6.51. The summed E-state index contributed by atoms with van der Waals surface area (Å²) in [6.45, 7) is 1.76. The second kappa shape index (κ2) is 6.46. The van der Waals surface area contributed by atoms with Crippen LogP contribution in [0, 0.1) is 0 Å². The van der Waals surface area contributed by atoms with Crippen LogP contribution in [-0.4, -0.2) is 11.0 Å². The molecule has 116 valence electrons. The number of hydrogen-bond donors (Lipinski definition) is 2. The molecule has 4 nitrogen and oxygen atoms in total. The van der Waals surface area contributed by atoms with Gasteiger partial charge in [-0.15, -0.1) is 0 Å². The van der Waals surface area contributed by atoms with E-state index < -0.39 is 17.8 Å². The normalized spacial score (nSPS) is 12.5. The number of amides is 2. The Kier molecular flexibility index (Phi) is 4.65. The van der Waals surface area contributed by atoms with E-state index in [4.69, 9.17) is 0 Å². The molecule has 0 fully saturated rings. The highest BCUT2D eigenvalue weighted by Gasteiger charge is 2.30. The first kappa shape index (κ1) is 15.8. The van der Waals surface area contributed by atoms with E-state index in [0.717, 1.165) is 17.7 Å². The van der Waals surface area contributed by atoms with Crippen molar-refractivity contribution in [2.75, 3.05) is 5.32 Å². The van der Waals surface area contributed by atoms with E-state index in [1.807, 2.05) is 0 Å². The third kappa shape index (κ3) is 4.21. The second-order valence-electron chi connectivity index (χ2n) is 4.68. The van der Waals surface area contributed by atoms with Crippen LogP contribution in [0.3, 0.4) is 0 Å². The Balaban J connectivity index is 2.01. The minimum atomic E-state index is -4.45. The third-order valence-corrected chi connectivity index (χ3v) is 3.00. The maximum absolute atomic E-state index is 12.6. The van der Waals surface area contributed by atoms with Gasteiger partial charge >= 0.3 is 12.2 Å². The van der Waals surface area contributed by atoms with Crippen LogP contribution in [0.2, 0.25) is 0 Å². The SMILES string of the molecule is CC(NC(=O)Nc1cccc(C(F)(F)F)c1)c1ccncc1. The van der Waals surface area contributed by atoms with Crippen molar-refractivity contribution in [2.45, 2.75) is 19.1 Å². The van der Waals surface area contributed by atoms with Crippen molar-refractivity contribution in [3.63, 3.8) is 0 Å². The number of urea groups is 1. The van der Waals surface area contributed by atoms with Gasteiger partial charge in [0.25, 0.3) is 0 Å². The number of carbonyl (C=O) groups excluding carboxylic acids is 1. The van der Waals surface area contributed by atoms with Crippen LogP contribution in [0.1, 0.15) is 24.1 Å². The maximum Gasteiger partial charge on any atom is 0.416 e. The molecule has 0 spiro atoms. The fraction of sp³-hybridized carbons (Fsp3) is 0.200. The zero-order chi connectivity index (χ0) is 16.2. The predicted molar refractivity (Wildman–Crippen MR) is 76.3 cm³/mol. The summed E-state index contributed by atoms with van der Waals surface area (Å²) in [5, 5.41) is 5.03. The number of anilines is 1. The van der Waals surface area contributed by atoms with E-state index in [2.05, 4.69) is 15.6 Å². The molecule has 2 aromatic rings. The van der Waals surface area contributed by atoms with Crippen molar-refractivity contribution in [2.24, 2.45) is 0 Å². The molecule has 0 aliphatic rings. The highest BCUT2D eigenvalue weighted by atomic mass is 19.4. The molecular weight excluding hydrogens is 295 g/mol. The molecule has 0 radical (unpaired) electrons. The van der Waals surface area contributed by atoms with Gasteiger partial charge in [-0.3, -0.25) is 4.98 Å². The molecule has 0 saturated heterocycles. The van der Waals surface area contributed by atoms with Crippen LogP contribution in [0.15, 0.2) is 48.8 Å². The van der Waals surface area contributed by atoms with Crippen LogP contribution in [0.5, 0.6) is 0 Å². The lowest BCUT2D eigenvalue weighted by atomic mass is 10.1. The average molecular weight is 309 g/mol. The van der Waals surface area contributed by atoms with E-state index in [1.54, 1.807) is 31.5 Å². The van der Waals surface area contributed by atoms with Crippen molar-refractivity contribution in [1.29, 1.82) is 0 Å². The number of nitrogens with one attached hydrogen (secondary N) is 2. The Bertz CT molecular complexity index is 644. The summed E-state index contributed by atoms with van der Waals surface area (Å²) in [6, 6.07) is 7.08. The Morgan fingerprint density at radius 3 is 2.50 bits per heavy atom. The van der Waals surface area contributed by atoms with Crippen molar-refractivity contribution in [1.82, 2.24) is 10.3 Å². The summed E-state index contributed by atoms with van der Waals surface area (Å²) in [5.41, 5.74) is 0.107. The predicted octanol–water partition coefficient (Wildman–Crippen LogP) is 3.98. The Labute approximate surface area is 125 Å². The van der Waals surface area contributed by atoms with E-state index in [-0.39, 0.29) is 11.7 Å². The van der Waals surface area contributed by atoms with Gasteiger partial charge in [0, 0.05) is 18.1 Å². The summed E-state index contributed by atoms with van der Waals surface area (Å²) in [5.74, 6) is 0. The Morgan fingerprint density at radius 1 is 1.18 bits per heavy atom. The maximum atomic E-state index is 12.6. The van der Waals surface area contributed by atoms with E-state index >= 15 is 0 Å². The van der Waals surface area contributed by atoms with Gasteiger partial charge in [-0.25, -0.2) is 4.79 Å². The lowest BCUT2D eigenvalue weighted by molar-refractivity contribution is -0.137. The minimum absolute atomic E-state index is 0.0780. The summed E-state index contributed by atoms with van der Waals surface area (Å²) in [6.07, 6.45) is -1.26. The molecule has 2 N–H and O–H groups in total. The smallest absolute Gasteiger partial charge is 0.331 e. The molecule has 1 aromatic carbocycles. The number of pyridine rings is 1. The molecule has 0 aliphatic carbocycles. The number of aromatic nitrogens is 1. The van der Waals surface area contributed by atoms with E-state index in [0.29, 0.717) is 0 Å². The van der Waals surface area contributed by atoms with Gasteiger partial charge in [0.05, 0.1) is 11.6 Å². The molecule has 2 rings (SSSR count). The van der Waals surface area contributed by atoms with Crippen molar-refractivity contribution in [3.8, 4) is 0 Å². The molecule has 1 aromatic heterocycles. The largest absolute Gasteiger partial charge is 0.416 e. The second-order valence-corrected chi connectivity index (χ2v) is 4.68. The fourth-order valence-corrected chi connectivity index (χ4v) is 1.87. The summed E-state index contributed by atoms with van der Waals surface area (Å²) < 4.78 is 37.8. The molecule has 2 amide bonds. The first-order valence-electron chi connectivity index (χ1n) is 6.51. The topological polar surface area (TPSA) is 54.0 Å². The van der Waals surface area contributed by atoms with Crippen LogP contribution in [0.25, 0.3) is 0 Å². The molecule has 1 unspecified atom stereocenters. The lowest BCUT2D eigenvalue weighted by Crippen LogP contribution is -2.31. The van der Waals surface area contributed by atoms with Crippen molar-refractivity contribution in [3.05, 3.63) is 59.9 Å². The van der Waals surface area contributed by atoms with Crippen molar-refractivity contribution >= 4 is 11.7 Å². The molecule has 7 heteroatoms. The first-order chi connectivity index (χ1) is 10.4. The van der Waals surface area contributed by atoms with Crippen molar-refractivity contribution < 1.29 is 18.0 Å². The van der Waals surface area contributed by atoms with Gasteiger partial charge in [0.2, 0.25) is 0 Å². The van der Waals surface area contributed by atoms with Gasteiger partial charge < -0.3 is 10.6 Å². The van der Waals surface area contributed by atoms with Crippen LogP contribution in [0.4, 0.5) is 23.7 Å². The zero-order valence-electron chi connectivity index (χ0n) is 11.7. The zero-order valence-corrected chi connectivity index (χ0v) is 11.7. The summed E-state index contributed by atoms with van der Waals surface area (Å²) in [7, 11) is 0. The van der Waals surface area contributed by atoms with Gasteiger partial charge in [0.15, 0.2) is 0 Å². The summed E-state index contributed by atoms with van der Waals surface area (Å²) >= 11 is 0. The number of alkyl halides is 3. The number of carbonyl (C=O) groups is 1. The highest BCUT2D eigenvalue weighted by Crippen LogP contribution is 2.30.